The summed E-state index contributed by atoms with van der Waals surface area (Å²) in [7, 11) is 0. The van der Waals surface area contributed by atoms with Gasteiger partial charge >= 0.3 is 0 Å². The number of hydrogen-bond acceptors (Lipinski definition) is 8. The summed E-state index contributed by atoms with van der Waals surface area (Å²) in [5, 5.41) is 7.56. The molecule has 106 valence electrons. The summed E-state index contributed by atoms with van der Waals surface area (Å²) in [6.45, 7) is 1.43. The first kappa shape index (κ1) is 13.4. The summed E-state index contributed by atoms with van der Waals surface area (Å²) in [5.74, 6) is -0.396. The van der Waals surface area contributed by atoms with Crippen molar-refractivity contribution in [2.24, 2.45) is 5.73 Å². The minimum Gasteiger partial charge on any atom is -0.363 e. The topological polar surface area (TPSA) is 111 Å². The van der Waals surface area contributed by atoms with Crippen LogP contribution >= 0.6 is 23.1 Å². The molecule has 1 aliphatic rings. The van der Waals surface area contributed by atoms with Gasteiger partial charge in [0.2, 0.25) is 5.89 Å². The molecule has 2 aromatic heterocycles. The van der Waals surface area contributed by atoms with Crippen LogP contribution in [0.3, 0.4) is 0 Å². The predicted octanol–water partition coefficient (Wildman–Crippen LogP) is 1.01. The van der Waals surface area contributed by atoms with Gasteiger partial charge in [-0.2, -0.15) is 4.98 Å². The summed E-state index contributed by atoms with van der Waals surface area (Å²) in [6, 6.07) is -0.0478. The monoisotopic (exact) mass is 314 g/mol. The van der Waals surface area contributed by atoms with Crippen molar-refractivity contribution in [3.05, 3.63) is 21.7 Å². The second-order valence-electron chi connectivity index (χ2n) is 4.44. The number of carbonyl (C=O) groups is 1. The molecule has 0 saturated carbocycles. The molecule has 8 nitrogen and oxygen atoms in total. The van der Waals surface area contributed by atoms with Crippen molar-refractivity contribution in [2.75, 3.05) is 6.54 Å². The van der Waals surface area contributed by atoms with Crippen LogP contribution in [0.1, 0.15) is 41.1 Å². The van der Waals surface area contributed by atoms with E-state index in [1.165, 1.54) is 0 Å². The summed E-state index contributed by atoms with van der Waals surface area (Å²) < 4.78 is 9.51. The van der Waals surface area contributed by atoms with Gasteiger partial charge in [-0.1, -0.05) is 21.2 Å². The Morgan fingerprint density at radius 3 is 3.10 bits per heavy atom. The molecule has 2 N–H and O–H groups in total. The molecule has 3 rings (SSSR count). The molecule has 0 bridgehead atoms. The van der Waals surface area contributed by atoms with Crippen molar-refractivity contribution in [3.63, 3.8) is 0 Å². The smallest absolute Gasteiger partial charge is 0.290 e. The zero-order valence-corrected chi connectivity index (χ0v) is 11.9. The van der Waals surface area contributed by atoms with E-state index in [2.05, 4.69) is 24.6 Å². The van der Waals surface area contributed by atoms with Gasteiger partial charge < -0.3 is 10.3 Å². The molecule has 1 amide bonds. The van der Waals surface area contributed by atoms with Crippen LogP contribution in [0, 0.1) is 0 Å². The Morgan fingerprint density at radius 1 is 1.60 bits per heavy atom. The van der Waals surface area contributed by atoms with E-state index in [9.17, 15) is 4.79 Å². The maximum Gasteiger partial charge on any atom is 0.290 e. The lowest BCUT2D eigenvalue weighted by molar-refractivity contribution is 0.0987. The van der Waals surface area contributed by atoms with Gasteiger partial charge in [0.25, 0.3) is 11.7 Å². The van der Waals surface area contributed by atoms with Gasteiger partial charge in [-0.3, -0.25) is 9.69 Å². The van der Waals surface area contributed by atoms with Crippen molar-refractivity contribution >= 4 is 29.0 Å². The Hall–Kier alpha value is -1.58. The molecule has 0 unspecified atom stereocenters. The second kappa shape index (κ2) is 5.43. The van der Waals surface area contributed by atoms with Crippen LogP contribution in [0.25, 0.3) is 0 Å². The Bertz CT molecular complexity index is 629. The lowest BCUT2D eigenvalue weighted by Crippen LogP contribution is -2.23. The number of carbonyl (C=O) groups excluding carboxylic acids is 1. The van der Waals surface area contributed by atoms with Crippen LogP contribution < -0.4 is 5.73 Å². The highest BCUT2D eigenvalue weighted by molar-refractivity contribution is 7.10. The van der Waals surface area contributed by atoms with E-state index in [-0.39, 0.29) is 11.9 Å². The molecular formula is C10H11ClN6O2S. The van der Waals surface area contributed by atoms with E-state index in [1.54, 1.807) is 0 Å². The first-order valence-electron chi connectivity index (χ1n) is 5.99. The van der Waals surface area contributed by atoms with Crippen LogP contribution in [0.4, 0.5) is 0 Å². The third-order valence-electron chi connectivity index (χ3n) is 3.17. The Morgan fingerprint density at radius 2 is 2.45 bits per heavy atom. The predicted molar refractivity (Wildman–Crippen MR) is 70.1 cm³/mol. The number of amides is 1. The molecule has 20 heavy (non-hydrogen) atoms. The van der Waals surface area contributed by atoms with Crippen LogP contribution in [0.15, 0.2) is 4.52 Å². The van der Waals surface area contributed by atoms with E-state index in [4.69, 9.17) is 21.9 Å². The number of rotatable bonds is 4. The Kier molecular flexibility index (Phi) is 3.64. The maximum absolute atomic E-state index is 11.0. The first-order chi connectivity index (χ1) is 9.65. The molecule has 1 atom stereocenters. The fraction of sp³-hybridized carbons (Fsp3) is 0.500. The largest absolute Gasteiger partial charge is 0.363 e. The number of primary amides is 1. The maximum atomic E-state index is 11.0. The van der Waals surface area contributed by atoms with E-state index >= 15 is 0 Å². The highest BCUT2D eigenvalue weighted by Gasteiger charge is 2.32. The second-order valence-corrected chi connectivity index (χ2v) is 5.80. The Balaban J connectivity index is 1.78. The highest BCUT2D eigenvalue weighted by atomic mass is 35.5. The Labute approximate surface area is 123 Å². The van der Waals surface area contributed by atoms with E-state index < -0.39 is 5.91 Å². The van der Waals surface area contributed by atoms with Gasteiger partial charge in [0.1, 0.15) is 10.0 Å². The zero-order valence-electron chi connectivity index (χ0n) is 10.3. The quantitative estimate of drug-likeness (QED) is 0.896. The molecule has 0 radical (unpaired) electrons. The molecule has 2 aromatic rings. The summed E-state index contributed by atoms with van der Waals surface area (Å²) >= 11 is 7.17. The van der Waals surface area contributed by atoms with Gasteiger partial charge in [0.05, 0.1) is 6.04 Å². The van der Waals surface area contributed by atoms with Crippen molar-refractivity contribution in [3.8, 4) is 0 Å². The fourth-order valence-electron chi connectivity index (χ4n) is 2.25. The summed E-state index contributed by atoms with van der Waals surface area (Å²) in [5.41, 5.74) is 5.85. The van der Waals surface area contributed by atoms with Crippen molar-refractivity contribution < 1.29 is 9.32 Å². The number of halogens is 1. The average molecular weight is 315 g/mol. The van der Waals surface area contributed by atoms with Gasteiger partial charge in [0, 0.05) is 18.1 Å². The zero-order chi connectivity index (χ0) is 14.1. The standard InChI is InChI=1S/C10H11ClN6O2S/c11-7-5(14-16-20-7)4-17-3-1-2-6(17)10-13-9(8(12)18)15-19-10/h6H,1-4H2,(H2,12,18)/t6-/m0/s1. The molecule has 1 aliphatic heterocycles. The molecule has 3 heterocycles. The number of nitrogens with zero attached hydrogens (tertiary/aromatic N) is 5. The lowest BCUT2D eigenvalue weighted by atomic mass is 10.2. The van der Waals surface area contributed by atoms with E-state index in [1.807, 2.05) is 0 Å². The molecule has 0 aliphatic carbocycles. The third-order valence-corrected chi connectivity index (χ3v) is 4.16. The summed E-state index contributed by atoms with van der Waals surface area (Å²) in [6.07, 6.45) is 1.86. The van der Waals surface area contributed by atoms with Crippen LogP contribution in [0.5, 0.6) is 0 Å². The van der Waals surface area contributed by atoms with Crippen LogP contribution in [-0.4, -0.2) is 37.1 Å². The minimum atomic E-state index is -0.698. The lowest BCUT2D eigenvalue weighted by Gasteiger charge is -2.19. The van der Waals surface area contributed by atoms with E-state index in [0.717, 1.165) is 36.6 Å². The minimum absolute atomic E-state index is 0.0478. The number of hydrogen-bond donors (Lipinski definition) is 1. The molecule has 0 aromatic carbocycles. The summed E-state index contributed by atoms with van der Waals surface area (Å²) in [4.78, 5) is 17.2. The third kappa shape index (κ3) is 2.51. The number of likely N-dealkylation sites (tertiary alicyclic amines) is 1. The van der Waals surface area contributed by atoms with Crippen molar-refractivity contribution in [1.29, 1.82) is 0 Å². The van der Waals surface area contributed by atoms with Gasteiger partial charge in [0.15, 0.2) is 0 Å². The molecule has 10 heteroatoms. The van der Waals surface area contributed by atoms with Crippen molar-refractivity contribution in [1.82, 2.24) is 24.6 Å². The fourth-order valence-corrected chi connectivity index (χ4v) is 2.86. The van der Waals surface area contributed by atoms with Crippen LogP contribution in [0.2, 0.25) is 4.34 Å². The SMILES string of the molecule is NC(=O)c1noc([C@@H]2CCCN2Cc2nnsc2Cl)n1. The molecule has 0 spiro atoms. The molecule has 1 saturated heterocycles. The normalized spacial score (nSPS) is 19.6. The highest BCUT2D eigenvalue weighted by Crippen LogP contribution is 2.33. The van der Waals surface area contributed by atoms with E-state index in [0.29, 0.717) is 16.8 Å². The molecular weight excluding hydrogens is 304 g/mol. The number of aromatic nitrogens is 4. The van der Waals surface area contributed by atoms with Crippen LogP contribution in [-0.2, 0) is 6.54 Å². The van der Waals surface area contributed by atoms with Gasteiger partial charge in [-0.15, -0.1) is 5.10 Å². The van der Waals surface area contributed by atoms with Gasteiger partial charge in [-0.25, -0.2) is 0 Å². The average Bonchev–Trinajstić information content (AvgIpc) is 3.11. The number of nitrogens with two attached hydrogens (primary N) is 1. The van der Waals surface area contributed by atoms with Crippen molar-refractivity contribution in [2.45, 2.75) is 25.4 Å². The molecule has 1 fully saturated rings. The first-order valence-corrected chi connectivity index (χ1v) is 7.14. The van der Waals surface area contributed by atoms with Gasteiger partial charge in [-0.05, 0) is 19.4 Å².